The van der Waals surface area contributed by atoms with E-state index in [9.17, 15) is 4.79 Å². The summed E-state index contributed by atoms with van der Waals surface area (Å²) in [6.07, 6.45) is 3.39. The third kappa shape index (κ3) is 5.33. The van der Waals surface area contributed by atoms with Crippen LogP contribution < -0.4 is 15.4 Å². The van der Waals surface area contributed by atoms with Crippen molar-refractivity contribution in [1.82, 2.24) is 4.98 Å². The van der Waals surface area contributed by atoms with Gasteiger partial charge in [0.15, 0.2) is 0 Å². The Morgan fingerprint density at radius 1 is 0.929 bits per heavy atom. The van der Waals surface area contributed by atoms with Gasteiger partial charge in [-0.25, -0.2) is 0 Å². The maximum Gasteiger partial charge on any atom is 0.257 e. The predicted molar refractivity (Wildman–Crippen MR) is 113 cm³/mol. The molecule has 1 unspecified atom stereocenters. The van der Waals surface area contributed by atoms with E-state index in [2.05, 4.69) is 34.7 Å². The van der Waals surface area contributed by atoms with Crippen LogP contribution in [0.15, 0.2) is 73.1 Å². The molecule has 5 nitrogen and oxygen atoms in total. The topological polar surface area (TPSA) is 63.2 Å². The Hall–Kier alpha value is -3.34. The largest absolute Gasteiger partial charge is 0.491 e. The summed E-state index contributed by atoms with van der Waals surface area (Å²) in [5.41, 5.74) is 3.16. The highest BCUT2D eigenvalue weighted by Crippen LogP contribution is 2.20. The summed E-state index contributed by atoms with van der Waals surface area (Å²) < 4.78 is 5.62. The van der Waals surface area contributed by atoms with Crippen LogP contribution in [-0.4, -0.2) is 17.0 Å². The summed E-state index contributed by atoms with van der Waals surface area (Å²) in [6.45, 7) is 6.02. The molecule has 1 amide bonds. The van der Waals surface area contributed by atoms with E-state index >= 15 is 0 Å². The highest BCUT2D eigenvalue weighted by molar-refractivity contribution is 6.04. The molecule has 0 radical (unpaired) electrons. The Kier molecular flexibility index (Phi) is 6.27. The molecule has 0 saturated carbocycles. The molecule has 1 atom stereocenters. The number of carbonyl (C=O) groups excluding carboxylic acids is 1. The van der Waals surface area contributed by atoms with Gasteiger partial charge in [0, 0.05) is 24.1 Å². The summed E-state index contributed by atoms with van der Waals surface area (Å²) in [5, 5.41) is 6.27. The fraction of sp³-hybridized carbons (Fsp3) is 0.217. The first-order chi connectivity index (χ1) is 13.5. The van der Waals surface area contributed by atoms with Crippen LogP contribution in [0, 0.1) is 0 Å². The van der Waals surface area contributed by atoms with Crippen molar-refractivity contribution in [3.63, 3.8) is 0 Å². The molecule has 0 saturated heterocycles. The van der Waals surface area contributed by atoms with Crippen molar-refractivity contribution in [2.75, 3.05) is 10.6 Å². The number of nitrogens with one attached hydrogen (secondary N) is 2. The minimum absolute atomic E-state index is 0.106. The fourth-order valence-corrected chi connectivity index (χ4v) is 2.81. The van der Waals surface area contributed by atoms with Crippen LogP contribution in [0.1, 0.15) is 42.7 Å². The van der Waals surface area contributed by atoms with E-state index in [1.54, 1.807) is 18.5 Å². The standard InChI is InChI=1S/C23H25N3O2/c1-16(2)28-22-11-9-20(10-12-22)26-23(27)19-13-21(15-24-14-19)25-17(3)18-7-5-4-6-8-18/h4-17,25H,1-3H3,(H,26,27). The van der Waals surface area contributed by atoms with Gasteiger partial charge in [-0.2, -0.15) is 0 Å². The number of nitrogens with zero attached hydrogens (tertiary/aromatic N) is 1. The van der Waals surface area contributed by atoms with Gasteiger partial charge >= 0.3 is 0 Å². The lowest BCUT2D eigenvalue weighted by Crippen LogP contribution is -2.13. The molecule has 28 heavy (non-hydrogen) atoms. The summed E-state index contributed by atoms with van der Waals surface area (Å²) in [7, 11) is 0. The number of anilines is 2. The van der Waals surface area contributed by atoms with Crippen molar-refractivity contribution in [2.45, 2.75) is 32.9 Å². The first-order valence-corrected chi connectivity index (χ1v) is 9.36. The lowest BCUT2D eigenvalue weighted by atomic mass is 10.1. The fourth-order valence-electron chi connectivity index (χ4n) is 2.81. The Balaban J connectivity index is 1.65. The molecular formula is C23H25N3O2. The van der Waals surface area contributed by atoms with Crippen LogP contribution in [-0.2, 0) is 0 Å². The van der Waals surface area contributed by atoms with Gasteiger partial charge in [-0.1, -0.05) is 30.3 Å². The third-order valence-electron chi connectivity index (χ3n) is 4.17. The minimum Gasteiger partial charge on any atom is -0.491 e. The maximum absolute atomic E-state index is 12.6. The SMILES string of the molecule is CC(C)Oc1ccc(NC(=O)c2cncc(NC(C)c3ccccc3)c2)cc1. The molecule has 5 heteroatoms. The first-order valence-electron chi connectivity index (χ1n) is 9.36. The molecular weight excluding hydrogens is 350 g/mol. The summed E-state index contributed by atoms with van der Waals surface area (Å²) in [5.74, 6) is 0.566. The van der Waals surface area contributed by atoms with E-state index in [0.717, 1.165) is 11.4 Å². The number of amides is 1. The molecule has 144 valence electrons. The molecule has 0 spiro atoms. The van der Waals surface area contributed by atoms with E-state index in [-0.39, 0.29) is 18.1 Å². The number of hydrogen-bond donors (Lipinski definition) is 2. The van der Waals surface area contributed by atoms with Crippen LogP contribution >= 0.6 is 0 Å². The van der Waals surface area contributed by atoms with Gasteiger partial charge in [-0.3, -0.25) is 9.78 Å². The molecule has 1 heterocycles. The van der Waals surface area contributed by atoms with Gasteiger partial charge in [0.2, 0.25) is 0 Å². The Bertz CT molecular complexity index is 909. The van der Waals surface area contributed by atoms with Gasteiger partial charge < -0.3 is 15.4 Å². The Morgan fingerprint density at radius 3 is 2.32 bits per heavy atom. The van der Waals surface area contributed by atoms with E-state index < -0.39 is 0 Å². The average molecular weight is 375 g/mol. The first kappa shape index (κ1) is 19.4. The van der Waals surface area contributed by atoms with Crippen molar-refractivity contribution >= 4 is 17.3 Å². The van der Waals surface area contributed by atoms with Gasteiger partial charge in [0.25, 0.3) is 5.91 Å². The highest BCUT2D eigenvalue weighted by Gasteiger charge is 2.10. The van der Waals surface area contributed by atoms with E-state index in [4.69, 9.17) is 4.74 Å². The van der Waals surface area contributed by atoms with Crippen molar-refractivity contribution in [3.05, 3.63) is 84.2 Å². The van der Waals surface area contributed by atoms with Crippen LogP contribution in [0.2, 0.25) is 0 Å². The van der Waals surface area contributed by atoms with Crippen molar-refractivity contribution < 1.29 is 9.53 Å². The van der Waals surface area contributed by atoms with Gasteiger partial charge in [0.05, 0.1) is 17.4 Å². The quantitative estimate of drug-likeness (QED) is 0.589. The van der Waals surface area contributed by atoms with Crippen molar-refractivity contribution in [3.8, 4) is 5.75 Å². The smallest absolute Gasteiger partial charge is 0.257 e. The number of ether oxygens (including phenoxy) is 1. The minimum atomic E-state index is -0.207. The molecule has 1 aromatic heterocycles. The van der Waals surface area contributed by atoms with E-state index in [1.165, 1.54) is 5.56 Å². The monoisotopic (exact) mass is 375 g/mol. The summed E-state index contributed by atoms with van der Waals surface area (Å²) in [4.78, 5) is 16.8. The number of carbonyl (C=O) groups is 1. The molecule has 2 aromatic carbocycles. The molecule has 2 N–H and O–H groups in total. The number of benzene rings is 2. The Labute approximate surface area is 165 Å². The lowest BCUT2D eigenvalue weighted by molar-refractivity contribution is 0.102. The zero-order valence-corrected chi connectivity index (χ0v) is 16.3. The molecule has 0 aliphatic rings. The van der Waals surface area contributed by atoms with E-state index in [0.29, 0.717) is 11.3 Å². The van der Waals surface area contributed by atoms with E-state index in [1.807, 2.05) is 56.3 Å². The molecule has 0 aliphatic carbocycles. The zero-order valence-electron chi connectivity index (χ0n) is 16.3. The summed E-state index contributed by atoms with van der Waals surface area (Å²) >= 11 is 0. The number of hydrogen-bond acceptors (Lipinski definition) is 4. The van der Waals surface area contributed by atoms with Crippen LogP contribution in [0.4, 0.5) is 11.4 Å². The average Bonchev–Trinajstić information content (AvgIpc) is 2.70. The summed E-state index contributed by atoms with van der Waals surface area (Å²) in [6, 6.07) is 19.4. The second-order valence-corrected chi connectivity index (χ2v) is 6.88. The predicted octanol–water partition coefficient (Wildman–Crippen LogP) is 5.29. The molecule has 0 bridgehead atoms. The molecule has 3 rings (SSSR count). The van der Waals surface area contributed by atoms with Gasteiger partial charge in [0.1, 0.15) is 5.75 Å². The van der Waals surface area contributed by atoms with Crippen LogP contribution in [0.5, 0.6) is 5.75 Å². The maximum atomic E-state index is 12.6. The number of rotatable bonds is 7. The van der Waals surface area contributed by atoms with Crippen LogP contribution in [0.25, 0.3) is 0 Å². The normalized spacial score (nSPS) is 11.7. The second-order valence-electron chi connectivity index (χ2n) is 6.88. The van der Waals surface area contributed by atoms with Gasteiger partial charge in [-0.15, -0.1) is 0 Å². The third-order valence-corrected chi connectivity index (χ3v) is 4.17. The van der Waals surface area contributed by atoms with Crippen molar-refractivity contribution in [2.24, 2.45) is 0 Å². The second kappa shape index (κ2) is 9.04. The highest BCUT2D eigenvalue weighted by atomic mass is 16.5. The molecule has 0 aliphatic heterocycles. The van der Waals surface area contributed by atoms with Gasteiger partial charge in [-0.05, 0) is 56.7 Å². The molecule has 3 aromatic rings. The lowest BCUT2D eigenvalue weighted by Gasteiger charge is -2.16. The Morgan fingerprint density at radius 2 is 1.64 bits per heavy atom. The number of pyridine rings is 1. The molecule has 0 fully saturated rings. The zero-order chi connectivity index (χ0) is 19.9. The number of aromatic nitrogens is 1. The van der Waals surface area contributed by atoms with Crippen LogP contribution in [0.3, 0.4) is 0 Å². The van der Waals surface area contributed by atoms with Crippen molar-refractivity contribution in [1.29, 1.82) is 0 Å².